The number of aliphatic hydroxyl groups excluding tert-OH is 1. The monoisotopic (exact) mass is 638 g/mol. The summed E-state index contributed by atoms with van der Waals surface area (Å²) in [5.74, 6) is -1.83. The van der Waals surface area contributed by atoms with Gasteiger partial charge in [0, 0.05) is 22.7 Å². The van der Waals surface area contributed by atoms with Crippen molar-refractivity contribution < 1.29 is 24.2 Å². The second-order valence-corrected chi connectivity index (χ2v) is 14.8. The van der Waals surface area contributed by atoms with Crippen LogP contribution < -0.4 is 0 Å². The van der Waals surface area contributed by atoms with Gasteiger partial charge in [-0.3, -0.25) is 14.4 Å². The molecule has 2 bridgehead atoms. The number of carbonyl (C=O) groups is 3. The fraction of sp³-hybridized carbons (Fsp3) is 0.774. The average molecular weight is 640 g/mol. The number of aliphatic hydroxyl groups is 1. The number of allylic oxidation sites excluding steroid dienone is 1. The Morgan fingerprint density at radius 1 is 1.25 bits per heavy atom. The van der Waals surface area contributed by atoms with E-state index in [0.29, 0.717) is 19.6 Å². The molecule has 0 aromatic heterocycles. The summed E-state index contributed by atoms with van der Waals surface area (Å²) in [6.45, 7) is 12.3. The molecule has 0 aromatic rings. The number of rotatable bonds is 14. The lowest BCUT2D eigenvalue weighted by Crippen LogP contribution is -2.60. The van der Waals surface area contributed by atoms with Gasteiger partial charge in [-0.1, -0.05) is 67.6 Å². The molecule has 1 N–H and O–H groups in total. The topological polar surface area (TPSA) is 87.1 Å². The summed E-state index contributed by atoms with van der Waals surface area (Å²) < 4.78 is 5.02. The van der Waals surface area contributed by atoms with Crippen LogP contribution in [0, 0.1) is 17.8 Å². The number of esters is 1. The summed E-state index contributed by atoms with van der Waals surface area (Å²) in [5.41, 5.74) is 0. The first-order valence-electron chi connectivity index (χ1n) is 15.2. The molecule has 2 amide bonds. The molecule has 3 aliphatic heterocycles. The number of ether oxygens (including phenoxy) is 1. The molecule has 3 unspecified atom stereocenters. The molecule has 40 heavy (non-hydrogen) atoms. The van der Waals surface area contributed by atoms with Gasteiger partial charge in [-0.25, -0.2) is 0 Å². The SMILES string of the molecule is C=CCCCCOC(=O)[C@H]1[C@H]2C(=O)N([C@@H](CO)[C@@H](C)CC)C(C(=O)N(CC=C)C3CCCCC3)C23CC(Br)[C@@H]1S3. The van der Waals surface area contributed by atoms with Gasteiger partial charge in [-0.05, 0) is 44.4 Å². The fourth-order valence-electron chi connectivity index (χ4n) is 7.56. The van der Waals surface area contributed by atoms with E-state index in [2.05, 4.69) is 29.1 Å². The standard InChI is InChI=1S/C31H47BrN2O5S/c1-5-8-9-13-17-39-30(38)24-25-28(36)34(23(19-35)20(4)7-3)27(31(25)18-22(32)26(24)40-31)29(37)33(16-6-2)21-14-11-10-12-15-21/h5-6,20-27,35H,1-2,7-19H2,3-4H3/t20-,22?,23-,24-,25-,26-,27?,31?/m0/s1. The molecule has 4 fully saturated rings. The first-order chi connectivity index (χ1) is 19.3. The van der Waals surface area contributed by atoms with Crippen molar-refractivity contribution in [3.8, 4) is 0 Å². The van der Waals surface area contributed by atoms with Crippen LogP contribution in [0.2, 0.25) is 0 Å². The summed E-state index contributed by atoms with van der Waals surface area (Å²) in [6, 6.07) is -1.12. The minimum atomic E-state index is -0.742. The lowest BCUT2D eigenvalue weighted by molar-refractivity contribution is -0.155. The Labute approximate surface area is 252 Å². The Morgan fingerprint density at radius 2 is 1.98 bits per heavy atom. The fourth-order valence-corrected chi connectivity index (χ4v) is 11.1. The zero-order valence-corrected chi connectivity index (χ0v) is 26.5. The number of alkyl halides is 1. The van der Waals surface area contributed by atoms with E-state index in [1.165, 1.54) is 6.42 Å². The number of thioether (sulfide) groups is 1. The predicted octanol–water partition coefficient (Wildman–Crippen LogP) is 5.10. The van der Waals surface area contributed by atoms with E-state index >= 15 is 0 Å². The van der Waals surface area contributed by atoms with Crippen LogP contribution in [-0.2, 0) is 19.1 Å². The molecule has 0 radical (unpaired) electrons. The summed E-state index contributed by atoms with van der Waals surface area (Å²) in [4.78, 5) is 46.5. The number of amides is 2. The first-order valence-corrected chi connectivity index (χ1v) is 17.0. The Balaban J connectivity index is 1.72. The third-order valence-corrected chi connectivity index (χ3v) is 13.0. The van der Waals surface area contributed by atoms with Crippen molar-refractivity contribution in [3.05, 3.63) is 25.3 Å². The number of hydrogen-bond donors (Lipinski definition) is 1. The normalized spacial score (nSPS) is 33.0. The molecule has 9 heteroatoms. The summed E-state index contributed by atoms with van der Waals surface area (Å²) in [7, 11) is 0. The number of hydrogen-bond acceptors (Lipinski definition) is 6. The molecule has 3 heterocycles. The zero-order valence-electron chi connectivity index (χ0n) is 24.1. The molecular weight excluding hydrogens is 592 g/mol. The van der Waals surface area contributed by atoms with Crippen LogP contribution in [0.3, 0.4) is 0 Å². The minimum absolute atomic E-state index is 0.000703. The number of halogens is 1. The molecule has 1 spiro atoms. The number of carbonyl (C=O) groups excluding carboxylic acids is 3. The van der Waals surface area contributed by atoms with E-state index in [4.69, 9.17) is 4.74 Å². The first kappa shape index (κ1) is 31.6. The second-order valence-electron chi connectivity index (χ2n) is 12.1. The Hall–Kier alpha value is -1.32. The number of unbranched alkanes of at least 4 members (excludes halogenated alkanes) is 2. The van der Waals surface area contributed by atoms with E-state index in [1.54, 1.807) is 22.7 Å². The third-order valence-electron chi connectivity index (χ3n) is 9.75. The summed E-state index contributed by atoms with van der Waals surface area (Å²) in [6.07, 6.45) is 12.8. The van der Waals surface area contributed by atoms with Gasteiger partial charge in [-0.2, -0.15) is 0 Å². The smallest absolute Gasteiger partial charge is 0.310 e. The van der Waals surface area contributed by atoms with E-state index in [9.17, 15) is 19.5 Å². The zero-order chi connectivity index (χ0) is 29.0. The lowest BCUT2D eigenvalue weighted by atomic mass is 9.71. The highest BCUT2D eigenvalue weighted by Crippen LogP contribution is 2.68. The Morgan fingerprint density at radius 3 is 2.60 bits per heavy atom. The Kier molecular flexibility index (Phi) is 10.9. The highest BCUT2D eigenvalue weighted by atomic mass is 79.9. The molecule has 8 atom stereocenters. The number of likely N-dealkylation sites (tertiary alicyclic amines) is 1. The highest BCUT2D eigenvalue weighted by molar-refractivity contribution is 9.09. The quantitative estimate of drug-likeness (QED) is 0.123. The molecule has 224 valence electrons. The van der Waals surface area contributed by atoms with Crippen molar-refractivity contribution in [1.29, 1.82) is 0 Å². The number of nitrogens with zero attached hydrogens (tertiary/aromatic N) is 2. The molecule has 1 saturated carbocycles. The van der Waals surface area contributed by atoms with Crippen LogP contribution in [0.25, 0.3) is 0 Å². The third kappa shape index (κ3) is 5.68. The van der Waals surface area contributed by atoms with Gasteiger partial charge in [0.25, 0.3) is 0 Å². The van der Waals surface area contributed by atoms with Crippen molar-refractivity contribution in [1.82, 2.24) is 9.80 Å². The van der Waals surface area contributed by atoms with Crippen LogP contribution in [0.5, 0.6) is 0 Å². The molecule has 4 aliphatic rings. The maximum atomic E-state index is 14.8. The number of fused-ring (bicyclic) bond motifs is 1. The molecule has 1 aliphatic carbocycles. The molecule has 3 saturated heterocycles. The molecule has 0 aromatic carbocycles. The van der Waals surface area contributed by atoms with Gasteiger partial charge in [0.05, 0.1) is 35.8 Å². The minimum Gasteiger partial charge on any atom is -0.465 e. The van der Waals surface area contributed by atoms with E-state index in [0.717, 1.165) is 51.4 Å². The van der Waals surface area contributed by atoms with Crippen LogP contribution in [0.15, 0.2) is 25.3 Å². The van der Waals surface area contributed by atoms with Crippen LogP contribution >= 0.6 is 27.7 Å². The van der Waals surface area contributed by atoms with Crippen molar-refractivity contribution in [2.75, 3.05) is 19.8 Å². The van der Waals surface area contributed by atoms with E-state index in [1.807, 2.05) is 24.8 Å². The molecular formula is C31H47BrN2O5S. The summed E-state index contributed by atoms with van der Waals surface area (Å²) in [5, 5.41) is 10.5. The van der Waals surface area contributed by atoms with Crippen molar-refractivity contribution in [2.24, 2.45) is 17.8 Å². The van der Waals surface area contributed by atoms with Crippen molar-refractivity contribution >= 4 is 45.5 Å². The van der Waals surface area contributed by atoms with Gasteiger partial charge in [0.1, 0.15) is 6.04 Å². The maximum absolute atomic E-state index is 14.8. The Bertz CT molecular complexity index is 958. The van der Waals surface area contributed by atoms with Gasteiger partial charge in [-0.15, -0.1) is 24.9 Å². The lowest BCUT2D eigenvalue weighted by Gasteiger charge is -2.43. The van der Waals surface area contributed by atoms with Crippen LogP contribution in [-0.4, -0.2) is 85.4 Å². The van der Waals surface area contributed by atoms with Gasteiger partial charge in [0.15, 0.2) is 0 Å². The van der Waals surface area contributed by atoms with Crippen LogP contribution in [0.4, 0.5) is 0 Å². The van der Waals surface area contributed by atoms with E-state index < -0.39 is 28.7 Å². The maximum Gasteiger partial charge on any atom is 0.310 e. The molecule has 4 rings (SSSR count). The van der Waals surface area contributed by atoms with Gasteiger partial charge < -0.3 is 19.6 Å². The highest BCUT2D eigenvalue weighted by Gasteiger charge is 2.77. The van der Waals surface area contributed by atoms with Crippen molar-refractivity contribution in [2.45, 2.75) is 111 Å². The second kappa shape index (κ2) is 13.8. The van der Waals surface area contributed by atoms with Gasteiger partial charge >= 0.3 is 5.97 Å². The van der Waals surface area contributed by atoms with E-state index in [-0.39, 0.29) is 46.4 Å². The van der Waals surface area contributed by atoms with Crippen LogP contribution in [0.1, 0.15) is 78.1 Å². The molecule has 7 nitrogen and oxygen atoms in total. The van der Waals surface area contributed by atoms with Gasteiger partial charge in [0.2, 0.25) is 11.8 Å². The van der Waals surface area contributed by atoms with Crippen molar-refractivity contribution in [3.63, 3.8) is 0 Å². The summed E-state index contributed by atoms with van der Waals surface area (Å²) >= 11 is 5.47. The largest absolute Gasteiger partial charge is 0.465 e. The predicted molar refractivity (Wildman–Crippen MR) is 163 cm³/mol. The average Bonchev–Trinajstić information content (AvgIpc) is 3.55.